The van der Waals surface area contributed by atoms with Crippen LogP contribution in [-0.2, 0) is 11.0 Å². The van der Waals surface area contributed by atoms with Crippen molar-refractivity contribution in [1.29, 1.82) is 0 Å². The lowest BCUT2D eigenvalue weighted by atomic mass is 10.1. The van der Waals surface area contributed by atoms with Crippen molar-refractivity contribution in [3.8, 4) is 0 Å². The van der Waals surface area contributed by atoms with E-state index < -0.39 is 22.9 Å². The van der Waals surface area contributed by atoms with Crippen LogP contribution in [0.3, 0.4) is 0 Å². The van der Waals surface area contributed by atoms with Gasteiger partial charge in [0.25, 0.3) is 5.91 Å². The molecule has 0 aliphatic rings. The van der Waals surface area contributed by atoms with Gasteiger partial charge in [-0.1, -0.05) is 48.5 Å². The zero-order valence-corrected chi connectivity index (χ0v) is 19.7. The number of hydrogen-bond donors (Lipinski definition) is 2. The molecule has 0 saturated carbocycles. The van der Waals surface area contributed by atoms with Crippen LogP contribution in [0.25, 0.3) is 0 Å². The minimum Gasteiger partial charge on any atom is -0.325 e. The van der Waals surface area contributed by atoms with Crippen molar-refractivity contribution >= 4 is 46.3 Å². The summed E-state index contributed by atoms with van der Waals surface area (Å²) >= 11 is 2.56. The number of carbonyl (C=O) groups is 2. The van der Waals surface area contributed by atoms with Crippen LogP contribution in [0.2, 0.25) is 0 Å². The molecule has 1 heterocycles. The Labute approximate surface area is 208 Å². The first-order valence-corrected chi connectivity index (χ1v) is 12.2. The van der Waals surface area contributed by atoms with Crippen molar-refractivity contribution in [3.05, 3.63) is 112 Å². The molecule has 1 unspecified atom stereocenters. The second kappa shape index (κ2) is 10.8. The largest absolute Gasteiger partial charge is 0.416 e. The summed E-state index contributed by atoms with van der Waals surface area (Å²) in [5.41, 5.74) is 0.477. The number of nitrogens with one attached hydrogen (secondary N) is 2. The van der Waals surface area contributed by atoms with Gasteiger partial charge in [-0.15, -0.1) is 23.1 Å². The average Bonchev–Trinajstić information content (AvgIpc) is 3.38. The lowest BCUT2D eigenvalue weighted by Gasteiger charge is -2.18. The van der Waals surface area contributed by atoms with Crippen LogP contribution >= 0.6 is 23.1 Å². The fourth-order valence-corrected chi connectivity index (χ4v) is 4.97. The van der Waals surface area contributed by atoms with Crippen molar-refractivity contribution in [2.45, 2.75) is 16.3 Å². The normalized spacial score (nSPS) is 12.1. The minimum atomic E-state index is -4.51. The minimum absolute atomic E-state index is 0.0586. The van der Waals surface area contributed by atoms with Crippen molar-refractivity contribution in [2.24, 2.45) is 0 Å². The summed E-state index contributed by atoms with van der Waals surface area (Å²) in [7, 11) is 0. The molecule has 4 nitrogen and oxygen atoms in total. The molecule has 0 saturated heterocycles. The summed E-state index contributed by atoms with van der Waals surface area (Å²) in [4.78, 5) is 26.9. The molecule has 2 amide bonds. The first-order chi connectivity index (χ1) is 16.8. The summed E-state index contributed by atoms with van der Waals surface area (Å²) in [5.74, 6) is -0.697. The van der Waals surface area contributed by atoms with Crippen LogP contribution in [0, 0.1) is 0 Å². The van der Waals surface area contributed by atoms with Crippen LogP contribution in [0.15, 0.2) is 101 Å². The van der Waals surface area contributed by atoms with E-state index in [1.165, 1.54) is 35.2 Å². The van der Waals surface area contributed by atoms with Gasteiger partial charge in [0.05, 0.1) is 10.4 Å². The van der Waals surface area contributed by atoms with Gasteiger partial charge < -0.3 is 10.6 Å². The van der Waals surface area contributed by atoms with Gasteiger partial charge in [-0.2, -0.15) is 13.2 Å². The van der Waals surface area contributed by atoms with Gasteiger partial charge in [0.2, 0.25) is 5.91 Å². The van der Waals surface area contributed by atoms with Crippen molar-refractivity contribution in [2.75, 3.05) is 10.6 Å². The van der Waals surface area contributed by atoms with Gasteiger partial charge in [0.15, 0.2) is 0 Å². The number of anilines is 2. The number of hydrogen-bond acceptors (Lipinski definition) is 4. The van der Waals surface area contributed by atoms with Gasteiger partial charge in [-0.25, -0.2) is 0 Å². The predicted molar refractivity (Wildman–Crippen MR) is 134 cm³/mol. The van der Waals surface area contributed by atoms with Gasteiger partial charge in [-0.05, 0) is 53.4 Å². The van der Waals surface area contributed by atoms with Crippen LogP contribution in [0.1, 0.15) is 26.0 Å². The number of rotatable bonds is 7. The summed E-state index contributed by atoms with van der Waals surface area (Å²) < 4.78 is 39.3. The maximum absolute atomic E-state index is 13.2. The molecule has 0 fully saturated rings. The summed E-state index contributed by atoms with van der Waals surface area (Å²) in [6.07, 6.45) is -4.51. The predicted octanol–water partition coefficient (Wildman–Crippen LogP) is 7.49. The second-order valence-electron chi connectivity index (χ2n) is 7.44. The van der Waals surface area contributed by atoms with Crippen LogP contribution in [-0.4, -0.2) is 11.8 Å². The number of carbonyl (C=O) groups excluding carboxylic acids is 2. The Balaban J connectivity index is 1.55. The van der Waals surface area contributed by atoms with Crippen molar-refractivity contribution < 1.29 is 22.8 Å². The fourth-order valence-electron chi connectivity index (χ4n) is 3.27. The zero-order valence-electron chi connectivity index (χ0n) is 18.1. The Morgan fingerprint density at radius 3 is 2.20 bits per heavy atom. The van der Waals surface area contributed by atoms with Gasteiger partial charge >= 0.3 is 6.18 Å². The first-order valence-electron chi connectivity index (χ1n) is 10.4. The van der Waals surface area contributed by atoms with E-state index in [0.717, 1.165) is 12.1 Å². The van der Waals surface area contributed by atoms with E-state index in [-0.39, 0.29) is 11.6 Å². The first kappa shape index (κ1) is 24.6. The molecule has 0 radical (unpaired) electrons. The lowest BCUT2D eigenvalue weighted by molar-refractivity contribution is -0.137. The molecule has 9 heteroatoms. The van der Waals surface area contributed by atoms with E-state index in [2.05, 4.69) is 10.6 Å². The molecular formula is C26H19F3N2O2S2. The van der Waals surface area contributed by atoms with Gasteiger partial charge in [0, 0.05) is 16.3 Å². The second-order valence-corrected chi connectivity index (χ2v) is 9.56. The molecule has 0 aliphatic carbocycles. The maximum Gasteiger partial charge on any atom is 0.416 e. The van der Waals surface area contributed by atoms with Crippen molar-refractivity contribution in [1.82, 2.24) is 0 Å². The molecule has 4 rings (SSSR count). The van der Waals surface area contributed by atoms with E-state index in [0.29, 0.717) is 21.0 Å². The lowest BCUT2D eigenvalue weighted by Crippen LogP contribution is -2.19. The summed E-state index contributed by atoms with van der Waals surface area (Å²) in [6, 6.07) is 24.1. The van der Waals surface area contributed by atoms with Gasteiger partial charge in [-0.3, -0.25) is 9.59 Å². The number of thiophene rings is 1. The Kier molecular flexibility index (Phi) is 7.57. The standard InChI is InChI=1S/C26H19F3N2O2S2/c27-26(28,29)18-9-4-10-19(15-18)31-25(33)23(17-7-2-1-3-8-17)35-21-12-5-11-20(16-21)30-24(32)22-13-6-14-34-22/h1-16,23H,(H,30,32)(H,31,33). The number of halogens is 3. The van der Waals surface area contributed by atoms with E-state index in [1.807, 2.05) is 11.4 Å². The molecule has 2 N–H and O–H groups in total. The highest BCUT2D eigenvalue weighted by Gasteiger charge is 2.31. The molecule has 3 aromatic carbocycles. The quantitative estimate of drug-likeness (QED) is 0.252. The molecule has 0 bridgehead atoms. The van der Waals surface area contributed by atoms with Crippen LogP contribution in [0.5, 0.6) is 0 Å². The number of alkyl halides is 3. The Morgan fingerprint density at radius 1 is 0.800 bits per heavy atom. The van der Waals surface area contributed by atoms with E-state index in [9.17, 15) is 22.8 Å². The summed E-state index contributed by atoms with van der Waals surface area (Å²) in [6.45, 7) is 0. The SMILES string of the molecule is O=C(Nc1cccc(SC(C(=O)Nc2cccc(C(F)(F)F)c2)c2ccccc2)c1)c1cccs1. The highest BCUT2D eigenvalue weighted by atomic mass is 32.2. The number of benzene rings is 3. The topological polar surface area (TPSA) is 58.2 Å². The average molecular weight is 513 g/mol. The molecule has 35 heavy (non-hydrogen) atoms. The zero-order chi connectivity index (χ0) is 24.8. The maximum atomic E-state index is 13.2. The molecule has 1 aromatic heterocycles. The smallest absolute Gasteiger partial charge is 0.325 e. The van der Waals surface area contributed by atoms with E-state index in [4.69, 9.17) is 0 Å². The molecule has 178 valence electrons. The molecule has 4 aromatic rings. The monoisotopic (exact) mass is 512 g/mol. The van der Waals surface area contributed by atoms with Crippen molar-refractivity contribution in [3.63, 3.8) is 0 Å². The third-order valence-corrected chi connectivity index (χ3v) is 7.01. The van der Waals surface area contributed by atoms with E-state index >= 15 is 0 Å². The molecular weight excluding hydrogens is 493 g/mol. The third kappa shape index (κ3) is 6.52. The Morgan fingerprint density at radius 2 is 1.51 bits per heavy atom. The Hall–Kier alpha value is -3.56. The molecule has 1 atom stereocenters. The highest BCUT2D eigenvalue weighted by molar-refractivity contribution is 8.00. The van der Waals surface area contributed by atoms with Crippen LogP contribution < -0.4 is 10.6 Å². The highest BCUT2D eigenvalue weighted by Crippen LogP contribution is 2.38. The van der Waals surface area contributed by atoms with E-state index in [1.54, 1.807) is 60.7 Å². The summed E-state index contributed by atoms with van der Waals surface area (Å²) in [5, 5.41) is 6.52. The molecule has 0 aliphatic heterocycles. The third-order valence-electron chi connectivity index (χ3n) is 4.89. The van der Waals surface area contributed by atoms with Crippen LogP contribution in [0.4, 0.5) is 24.5 Å². The molecule has 0 spiro atoms. The number of thioether (sulfide) groups is 1. The van der Waals surface area contributed by atoms with Gasteiger partial charge in [0.1, 0.15) is 5.25 Å². The fraction of sp³-hybridized carbons (Fsp3) is 0.0769. The Bertz CT molecular complexity index is 1310. The number of amides is 2.